The summed E-state index contributed by atoms with van der Waals surface area (Å²) in [5, 5.41) is 8.12. The monoisotopic (exact) mass is 381 g/mol. The molecule has 0 saturated heterocycles. The van der Waals surface area contributed by atoms with Crippen molar-refractivity contribution in [2.75, 3.05) is 18.4 Å². The summed E-state index contributed by atoms with van der Waals surface area (Å²) in [6, 6.07) is 11.2. The van der Waals surface area contributed by atoms with Crippen LogP contribution in [0, 0.1) is 27.7 Å². The summed E-state index contributed by atoms with van der Waals surface area (Å²) >= 11 is 0. The van der Waals surface area contributed by atoms with Gasteiger partial charge in [0.1, 0.15) is 0 Å². The van der Waals surface area contributed by atoms with Crippen molar-refractivity contribution < 1.29 is 14.4 Å². The van der Waals surface area contributed by atoms with E-state index in [1.807, 2.05) is 52.0 Å². The minimum Gasteiger partial charge on any atom is -0.352 e. The number of nitrogens with one attached hydrogen (secondary N) is 3. The summed E-state index contributed by atoms with van der Waals surface area (Å²) in [5.41, 5.74) is 5.43. The van der Waals surface area contributed by atoms with Crippen molar-refractivity contribution in [3.8, 4) is 0 Å². The number of hydrogen-bond acceptors (Lipinski definition) is 3. The Morgan fingerprint density at radius 1 is 0.821 bits per heavy atom. The van der Waals surface area contributed by atoms with Gasteiger partial charge in [-0.05, 0) is 51.0 Å². The third-order valence-corrected chi connectivity index (χ3v) is 4.31. The van der Waals surface area contributed by atoms with Crippen LogP contribution in [0.5, 0.6) is 0 Å². The molecule has 2 aromatic carbocycles. The summed E-state index contributed by atoms with van der Waals surface area (Å²) in [6.07, 6.45) is 0.105. The van der Waals surface area contributed by atoms with Gasteiger partial charge in [-0.1, -0.05) is 35.4 Å². The van der Waals surface area contributed by atoms with Gasteiger partial charge in [0.2, 0.25) is 11.8 Å². The van der Waals surface area contributed by atoms with E-state index in [1.54, 1.807) is 12.1 Å². The zero-order valence-corrected chi connectivity index (χ0v) is 16.8. The van der Waals surface area contributed by atoms with E-state index in [1.165, 1.54) is 0 Å². The minimum atomic E-state index is -0.294. The third kappa shape index (κ3) is 6.23. The fourth-order valence-corrected chi connectivity index (χ4v) is 3.01. The van der Waals surface area contributed by atoms with E-state index in [-0.39, 0.29) is 37.2 Å². The SMILES string of the molecule is Cc1cccc(C(=O)NCCC(=O)NCC(=O)Nc2c(C)cc(C)cc2C)c1. The summed E-state index contributed by atoms with van der Waals surface area (Å²) < 4.78 is 0. The second kappa shape index (κ2) is 9.69. The molecule has 2 aromatic rings. The predicted molar refractivity (Wildman–Crippen MR) is 110 cm³/mol. The van der Waals surface area contributed by atoms with Gasteiger partial charge in [-0.2, -0.15) is 0 Å². The quantitative estimate of drug-likeness (QED) is 0.689. The van der Waals surface area contributed by atoms with Crippen molar-refractivity contribution >= 4 is 23.4 Å². The Labute approximate surface area is 165 Å². The second-order valence-electron chi connectivity index (χ2n) is 6.97. The first-order chi connectivity index (χ1) is 13.3. The van der Waals surface area contributed by atoms with E-state index < -0.39 is 0 Å². The number of carbonyl (C=O) groups excluding carboxylic acids is 3. The highest BCUT2D eigenvalue weighted by Crippen LogP contribution is 2.21. The lowest BCUT2D eigenvalue weighted by atomic mass is 10.1. The van der Waals surface area contributed by atoms with Crippen LogP contribution in [0.3, 0.4) is 0 Å². The molecule has 0 radical (unpaired) electrons. The number of aryl methyl sites for hydroxylation is 4. The van der Waals surface area contributed by atoms with Crippen LogP contribution < -0.4 is 16.0 Å². The first-order valence-corrected chi connectivity index (χ1v) is 9.25. The predicted octanol–water partition coefficient (Wildman–Crippen LogP) is 2.80. The molecule has 28 heavy (non-hydrogen) atoms. The number of benzene rings is 2. The maximum absolute atomic E-state index is 12.1. The maximum Gasteiger partial charge on any atom is 0.251 e. The van der Waals surface area contributed by atoms with Gasteiger partial charge in [-0.25, -0.2) is 0 Å². The van der Waals surface area contributed by atoms with Crippen molar-refractivity contribution in [3.05, 3.63) is 64.2 Å². The van der Waals surface area contributed by atoms with E-state index >= 15 is 0 Å². The van der Waals surface area contributed by atoms with Crippen LogP contribution in [-0.2, 0) is 9.59 Å². The molecule has 3 N–H and O–H groups in total. The Hall–Kier alpha value is -3.15. The number of rotatable bonds is 7. The molecule has 0 aliphatic heterocycles. The van der Waals surface area contributed by atoms with Crippen LogP contribution in [0.1, 0.15) is 39.0 Å². The number of anilines is 1. The lowest BCUT2D eigenvalue weighted by Crippen LogP contribution is -2.35. The van der Waals surface area contributed by atoms with Crippen LogP contribution in [-0.4, -0.2) is 30.8 Å². The van der Waals surface area contributed by atoms with Crippen molar-refractivity contribution in [2.24, 2.45) is 0 Å². The Bertz CT molecular complexity index is 867. The molecule has 0 spiro atoms. The van der Waals surface area contributed by atoms with E-state index in [0.717, 1.165) is 27.9 Å². The molecule has 0 heterocycles. The molecule has 0 fully saturated rings. The van der Waals surface area contributed by atoms with Crippen LogP contribution in [0.2, 0.25) is 0 Å². The first kappa shape index (κ1) is 21.2. The Balaban J connectivity index is 1.73. The molecule has 0 aliphatic carbocycles. The van der Waals surface area contributed by atoms with Crippen LogP contribution in [0.15, 0.2) is 36.4 Å². The summed E-state index contributed by atoms with van der Waals surface area (Å²) in [6.45, 7) is 7.88. The molecule has 0 unspecified atom stereocenters. The molecule has 0 aliphatic rings. The largest absolute Gasteiger partial charge is 0.352 e. The molecular weight excluding hydrogens is 354 g/mol. The average molecular weight is 381 g/mol. The average Bonchev–Trinajstić information content (AvgIpc) is 2.63. The van der Waals surface area contributed by atoms with E-state index in [4.69, 9.17) is 0 Å². The van der Waals surface area contributed by atoms with Gasteiger partial charge in [0.05, 0.1) is 6.54 Å². The fraction of sp³-hybridized carbons (Fsp3) is 0.318. The smallest absolute Gasteiger partial charge is 0.251 e. The second-order valence-corrected chi connectivity index (χ2v) is 6.97. The lowest BCUT2D eigenvalue weighted by Gasteiger charge is -2.13. The molecular formula is C22H27N3O3. The van der Waals surface area contributed by atoms with Gasteiger partial charge < -0.3 is 16.0 Å². The van der Waals surface area contributed by atoms with E-state index in [0.29, 0.717) is 5.56 Å². The van der Waals surface area contributed by atoms with Gasteiger partial charge in [-0.15, -0.1) is 0 Å². The Morgan fingerprint density at radius 2 is 1.50 bits per heavy atom. The third-order valence-electron chi connectivity index (χ3n) is 4.31. The van der Waals surface area contributed by atoms with E-state index in [9.17, 15) is 14.4 Å². The van der Waals surface area contributed by atoms with Crippen LogP contribution >= 0.6 is 0 Å². The van der Waals surface area contributed by atoms with Crippen molar-refractivity contribution in [1.82, 2.24) is 10.6 Å². The molecule has 0 atom stereocenters. The van der Waals surface area contributed by atoms with Crippen molar-refractivity contribution in [2.45, 2.75) is 34.1 Å². The zero-order chi connectivity index (χ0) is 20.7. The van der Waals surface area contributed by atoms with Crippen LogP contribution in [0.4, 0.5) is 5.69 Å². The number of hydrogen-bond donors (Lipinski definition) is 3. The Kier molecular flexibility index (Phi) is 7.32. The Morgan fingerprint density at radius 3 is 2.14 bits per heavy atom. The maximum atomic E-state index is 12.1. The minimum absolute atomic E-state index is 0.105. The molecule has 2 rings (SSSR count). The first-order valence-electron chi connectivity index (χ1n) is 9.25. The van der Waals surface area contributed by atoms with Crippen LogP contribution in [0.25, 0.3) is 0 Å². The molecule has 3 amide bonds. The topological polar surface area (TPSA) is 87.3 Å². The molecule has 0 saturated carbocycles. The molecule has 6 nitrogen and oxygen atoms in total. The van der Waals surface area contributed by atoms with Crippen molar-refractivity contribution in [1.29, 1.82) is 0 Å². The summed E-state index contributed by atoms with van der Waals surface area (Å²) in [5.74, 6) is -0.802. The standard InChI is InChI=1S/C22H27N3O3/c1-14-6-5-7-18(12-14)22(28)23-9-8-19(26)24-13-20(27)25-21-16(3)10-15(2)11-17(21)4/h5-7,10-12H,8-9,13H2,1-4H3,(H,23,28)(H,24,26)(H,25,27). The van der Waals surface area contributed by atoms with Crippen molar-refractivity contribution in [3.63, 3.8) is 0 Å². The molecule has 148 valence electrons. The molecule has 0 bridgehead atoms. The highest BCUT2D eigenvalue weighted by Gasteiger charge is 2.11. The van der Waals surface area contributed by atoms with Gasteiger partial charge in [-0.3, -0.25) is 14.4 Å². The molecule has 0 aromatic heterocycles. The highest BCUT2D eigenvalue weighted by atomic mass is 16.2. The highest BCUT2D eigenvalue weighted by molar-refractivity contribution is 5.96. The van der Waals surface area contributed by atoms with Gasteiger partial charge in [0.15, 0.2) is 0 Å². The zero-order valence-electron chi connectivity index (χ0n) is 16.8. The number of amides is 3. The fourth-order valence-electron chi connectivity index (χ4n) is 3.01. The van der Waals surface area contributed by atoms with Gasteiger partial charge >= 0.3 is 0 Å². The van der Waals surface area contributed by atoms with Gasteiger partial charge in [0, 0.05) is 24.2 Å². The molecule has 6 heteroatoms. The normalized spacial score (nSPS) is 10.3. The lowest BCUT2D eigenvalue weighted by molar-refractivity contribution is -0.124. The van der Waals surface area contributed by atoms with Gasteiger partial charge in [0.25, 0.3) is 5.91 Å². The van der Waals surface area contributed by atoms with E-state index in [2.05, 4.69) is 16.0 Å². The summed E-state index contributed by atoms with van der Waals surface area (Å²) in [4.78, 5) is 36.0. The number of carbonyl (C=O) groups is 3. The summed E-state index contributed by atoms with van der Waals surface area (Å²) in [7, 11) is 0.